The van der Waals surface area contributed by atoms with Gasteiger partial charge >= 0.3 is 0 Å². The Kier molecular flexibility index (Phi) is 6.72. The molecule has 0 aliphatic heterocycles. The molecular formula is C24H21FN4O2S. The molecule has 0 amide bonds. The Morgan fingerprint density at radius 1 is 1.03 bits per heavy atom. The maximum Gasteiger partial charge on any atom is 0.216 e. The van der Waals surface area contributed by atoms with Crippen molar-refractivity contribution in [2.45, 2.75) is 13.0 Å². The van der Waals surface area contributed by atoms with Gasteiger partial charge in [0.25, 0.3) is 0 Å². The van der Waals surface area contributed by atoms with E-state index in [0.717, 1.165) is 16.7 Å². The van der Waals surface area contributed by atoms with Crippen LogP contribution in [0.3, 0.4) is 0 Å². The van der Waals surface area contributed by atoms with E-state index in [2.05, 4.69) is 15.3 Å². The second kappa shape index (κ2) is 10.0. The lowest BCUT2D eigenvalue weighted by molar-refractivity contribution is 0.284. The standard InChI is InChI=1S/C24H21FN4O2S/c1-30-22-13-19(9-12-21(22)31-16-18-5-3-2-4-6-18)15-26-29-23(27-28-24(29)32)14-17-7-10-20(25)11-8-17/h2-13,15H,14,16H2,1H3,(H,28,32)/b26-15-. The van der Waals surface area contributed by atoms with E-state index < -0.39 is 0 Å². The van der Waals surface area contributed by atoms with Crippen molar-refractivity contribution < 1.29 is 13.9 Å². The van der Waals surface area contributed by atoms with Crippen molar-refractivity contribution in [1.82, 2.24) is 14.9 Å². The molecule has 0 spiro atoms. The van der Waals surface area contributed by atoms with Crippen molar-refractivity contribution in [3.05, 3.63) is 106 Å². The first kappa shape index (κ1) is 21.5. The number of aromatic amines is 1. The summed E-state index contributed by atoms with van der Waals surface area (Å²) in [5.74, 6) is 1.58. The SMILES string of the molecule is COc1cc(/C=N\n2c(Cc3ccc(F)cc3)n[nH]c2=S)ccc1OCc1ccccc1. The summed E-state index contributed by atoms with van der Waals surface area (Å²) in [6.07, 6.45) is 2.13. The van der Waals surface area contributed by atoms with E-state index in [4.69, 9.17) is 21.7 Å². The highest BCUT2D eigenvalue weighted by atomic mass is 32.1. The fourth-order valence-electron chi connectivity index (χ4n) is 3.09. The number of halogens is 1. The van der Waals surface area contributed by atoms with Crippen LogP contribution in [0.2, 0.25) is 0 Å². The van der Waals surface area contributed by atoms with Gasteiger partial charge in [0, 0.05) is 6.42 Å². The molecule has 0 saturated carbocycles. The molecule has 3 aromatic carbocycles. The summed E-state index contributed by atoms with van der Waals surface area (Å²) in [7, 11) is 1.60. The first-order valence-electron chi connectivity index (χ1n) is 9.92. The number of methoxy groups -OCH3 is 1. The van der Waals surface area contributed by atoms with E-state index >= 15 is 0 Å². The monoisotopic (exact) mass is 448 g/mol. The van der Waals surface area contributed by atoms with Crippen molar-refractivity contribution >= 4 is 18.4 Å². The Bertz CT molecular complexity index is 1270. The minimum atomic E-state index is -0.282. The number of hydrogen-bond acceptors (Lipinski definition) is 5. The van der Waals surface area contributed by atoms with Crippen molar-refractivity contribution in [3.63, 3.8) is 0 Å². The van der Waals surface area contributed by atoms with E-state index in [1.807, 2.05) is 48.5 Å². The zero-order valence-electron chi connectivity index (χ0n) is 17.4. The van der Waals surface area contributed by atoms with Crippen LogP contribution in [0.25, 0.3) is 0 Å². The van der Waals surface area contributed by atoms with Gasteiger partial charge in [-0.15, -0.1) is 0 Å². The van der Waals surface area contributed by atoms with Crippen LogP contribution in [0, 0.1) is 10.6 Å². The smallest absolute Gasteiger partial charge is 0.216 e. The number of aromatic nitrogens is 3. The van der Waals surface area contributed by atoms with E-state index in [1.54, 1.807) is 30.1 Å². The van der Waals surface area contributed by atoms with Gasteiger partial charge in [0.1, 0.15) is 12.4 Å². The molecule has 162 valence electrons. The highest BCUT2D eigenvalue weighted by molar-refractivity contribution is 7.71. The molecule has 1 aromatic heterocycles. The Morgan fingerprint density at radius 2 is 1.81 bits per heavy atom. The van der Waals surface area contributed by atoms with Crippen LogP contribution in [-0.2, 0) is 13.0 Å². The molecule has 1 heterocycles. The van der Waals surface area contributed by atoms with E-state index in [0.29, 0.717) is 35.1 Å². The van der Waals surface area contributed by atoms with Crippen LogP contribution in [0.5, 0.6) is 11.5 Å². The quantitative estimate of drug-likeness (QED) is 0.299. The second-order valence-corrected chi connectivity index (χ2v) is 7.38. The summed E-state index contributed by atoms with van der Waals surface area (Å²) >= 11 is 5.30. The van der Waals surface area contributed by atoms with Crippen LogP contribution in [-0.4, -0.2) is 28.2 Å². The van der Waals surface area contributed by atoms with Gasteiger partial charge in [-0.1, -0.05) is 42.5 Å². The normalized spacial score (nSPS) is 11.1. The highest BCUT2D eigenvalue weighted by Crippen LogP contribution is 2.28. The van der Waals surface area contributed by atoms with Crippen LogP contribution in [0.1, 0.15) is 22.5 Å². The molecule has 8 heteroatoms. The lowest BCUT2D eigenvalue weighted by Gasteiger charge is -2.11. The molecule has 32 heavy (non-hydrogen) atoms. The van der Waals surface area contributed by atoms with Crippen molar-refractivity contribution in [2.75, 3.05) is 7.11 Å². The predicted octanol–water partition coefficient (Wildman–Crippen LogP) is 5.14. The molecule has 0 bridgehead atoms. The van der Waals surface area contributed by atoms with Gasteiger partial charge in [-0.3, -0.25) is 5.10 Å². The van der Waals surface area contributed by atoms with Gasteiger partial charge in [-0.05, 0) is 59.2 Å². The predicted molar refractivity (Wildman–Crippen MR) is 123 cm³/mol. The van der Waals surface area contributed by atoms with E-state index in [9.17, 15) is 4.39 Å². The minimum absolute atomic E-state index is 0.282. The number of ether oxygens (including phenoxy) is 2. The third-order valence-corrected chi connectivity index (χ3v) is 5.00. The number of rotatable bonds is 8. The molecule has 1 N–H and O–H groups in total. The fourth-order valence-corrected chi connectivity index (χ4v) is 3.28. The highest BCUT2D eigenvalue weighted by Gasteiger charge is 2.08. The van der Waals surface area contributed by atoms with Gasteiger partial charge < -0.3 is 9.47 Å². The molecule has 0 atom stereocenters. The Morgan fingerprint density at radius 3 is 2.56 bits per heavy atom. The average molecular weight is 449 g/mol. The zero-order valence-corrected chi connectivity index (χ0v) is 18.2. The van der Waals surface area contributed by atoms with E-state index in [1.165, 1.54) is 12.1 Å². The van der Waals surface area contributed by atoms with Crippen LogP contribution in [0.15, 0.2) is 77.9 Å². The first-order valence-corrected chi connectivity index (χ1v) is 10.3. The summed E-state index contributed by atoms with van der Waals surface area (Å²) in [6.45, 7) is 0.446. The van der Waals surface area contributed by atoms with Crippen LogP contribution < -0.4 is 9.47 Å². The summed E-state index contributed by atoms with van der Waals surface area (Å²) in [5, 5.41) is 11.5. The fraction of sp³-hybridized carbons (Fsp3) is 0.125. The van der Waals surface area contributed by atoms with E-state index in [-0.39, 0.29) is 5.82 Å². The maximum atomic E-state index is 13.2. The molecule has 4 aromatic rings. The van der Waals surface area contributed by atoms with Crippen LogP contribution in [0.4, 0.5) is 4.39 Å². The molecule has 0 fully saturated rings. The lowest BCUT2D eigenvalue weighted by atomic mass is 10.1. The third kappa shape index (κ3) is 5.28. The Balaban J connectivity index is 1.50. The Labute approximate surface area is 190 Å². The molecular weight excluding hydrogens is 427 g/mol. The molecule has 6 nitrogen and oxygen atoms in total. The van der Waals surface area contributed by atoms with Crippen molar-refractivity contribution in [1.29, 1.82) is 0 Å². The van der Waals surface area contributed by atoms with Gasteiger partial charge in [-0.25, -0.2) is 4.39 Å². The average Bonchev–Trinajstić information content (AvgIpc) is 3.17. The minimum Gasteiger partial charge on any atom is -0.493 e. The third-order valence-electron chi connectivity index (χ3n) is 4.74. The summed E-state index contributed by atoms with van der Waals surface area (Å²) in [4.78, 5) is 0. The Hall–Kier alpha value is -3.78. The summed E-state index contributed by atoms with van der Waals surface area (Å²) in [6, 6.07) is 21.7. The molecule has 0 aliphatic carbocycles. The van der Waals surface area contributed by atoms with Crippen molar-refractivity contribution in [2.24, 2.45) is 5.10 Å². The molecule has 0 radical (unpaired) electrons. The number of H-pyrrole nitrogens is 1. The lowest BCUT2D eigenvalue weighted by Crippen LogP contribution is -2.01. The topological polar surface area (TPSA) is 64.4 Å². The van der Waals surface area contributed by atoms with Crippen molar-refractivity contribution in [3.8, 4) is 11.5 Å². The number of nitrogens with zero attached hydrogens (tertiary/aromatic N) is 3. The zero-order chi connectivity index (χ0) is 22.3. The molecule has 0 aliphatic rings. The molecule has 4 rings (SSSR count). The van der Waals surface area contributed by atoms with Crippen LogP contribution >= 0.6 is 12.2 Å². The first-order chi connectivity index (χ1) is 15.6. The number of hydrogen-bond donors (Lipinski definition) is 1. The number of nitrogens with one attached hydrogen (secondary N) is 1. The van der Waals surface area contributed by atoms with Gasteiger partial charge in [-0.2, -0.15) is 14.9 Å². The summed E-state index contributed by atoms with van der Waals surface area (Å²) < 4.78 is 26.5. The second-order valence-electron chi connectivity index (χ2n) is 6.99. The molecule has 0 saturated heterocycles. The largest absolute Gasteiger partial charge is 0.493 e. The maximum absolute atomic E-state index is 13.2. The van der Waals surface area contributed by atoms with Gasteiger partial charge in [0.05, 0.1) is 13.3 Å². The van der Waals surface area contributed by atoms with Gasteiger partial charge in [0.2, 0.25) is 4.77 Å². The molecule has 0 unspecified atom stereocenters. The summed E-state index contributed by atoms with van der Waals surface area (Å²) in [5.41, 5.74) is 2.78. The van der Waals surface area contributed by atoms with Gasteiger partial charge in [0.15, 0.2) is 17.3 Å². The number of benzene rings is 3.